The third kappa shape index (κ3) is 5.49. The normalized spacial score (nSPS) is 10.7. The summed E-state index contributed by atoms with van der Waals surface area (Å²) in [5.41, 5.74) is 3.13. The van der Waals surface area contributed by atoms with E-state index in [2.05, 4.69) is 46.9 Å². The Balaban J connectivity index is 1.52. The van der Waals surface area contributed by atoms with Crippen molar-refractivity contribution < 1.29 is 9.53 Å². The predicted octanol–water partition coefficient (Wildman–Crippen LogP) is 4.63. The molecule has 0 bridgehead atoms. The number of nitrogens with zero attached hydrogens (tertiary/aromatic N) is 4. The van der Waals surface area contributed by atoms with Crippen LogP contribution < -0.4 is 10.1 Å². The summed E-state index contributed by atoms with van der Waals surface area (Å²) >= 11 is 9.78. The zero-order valence-corrected chi connectivity index (χ0v) is 19.1. The fraction of sp³-hybridized carbons (Fsp3) is 0.136. The molecule has 0 aliphatic carbocycles. The number of benzene rings is 2. The molecule has 0 saturated carbocycles. The molecule has 2 heterocycles. The average molecular weight is 514 g/mol. The van der Waals surface area contributed by atoms with Crippen molar-refractivity contribution in [3.05, 3.63) is 92.7 Å². The number of amides is 1. The van der Waals surface area contributed by atoms with Crippen molar-refractivity contribution >= 4 is 39.4 Å². The Morgan fingerprint density at radius 3 is 2.69 bits per heavy atom. The standard InChI is InChI=1S/C22H18BrClN6O2/c23-17-8-9-18(32-13-14-4-2-1-3-5-14)16(12-17)7-6-15-10-11-25-20(24)19(15)21(31)26-22-27-29-30-28-22/h1-5,8-12H,6-7,13H2,(H2,26,27,28,29,30,31). The van der Waals surface area contributed by atoms with Gasteiger partial charge in [-0.15, -0.1) is 0 Å². The minimum absolute atomic E-state index is 0.113. The number of anilines is 1. The van der Waals surface area contributed by atoms with E-state index in [1.54, 1.807) is 12.3 Å². The molecule has 2 aromatic carbocycles. The molecule has 10 heteroatoms. The van der Waals surface area contributed by atoms with E-state index in [4.69, 9.17) is 16.3 Å². The molecule has 162 valence electrons. The van der Waals surface area contributed by atoms with E-state index in [1.165, 1.54) is 0 Å². The third-order valence-electron chi connectivity index (χ3n) is 4.72. The topological polar surface area (TPSA) is 106 Å². The fourth-order valence-corrected chi connectivity index (χ4v) is 3.86. The second kappa shape index (κ2) is 10.3. The number of carbonyl (C=O) groups is 1. The highest BCUT2D eigenvalue weighted by atomic mass is 79.9. The van der Waals surface area contributed by atoms with E-state index in [0.29, 0.717) is 19.4 Å². The van der Waals surface area contributed by atoms with E-state index in [-0.39, 0.29) is 16.7 Å². The summed E-state index contributed by atoms with van der Waals surface area (Å²) in [4.78, 5) is 16.8. The van der Waals surface area contributed by atoms with Crippen LogP contribution in [0.3, 0.4) is 0 Å². The molecule has 0 spiro atoms. The van der Waals surface area contributed by atoms with Crippen molar-refractivity contribution in [1.29, 1.82) is 0 Å². The van der Waals surface area contributed by atoms with Crippen molar-refractivity contribution in [2.75, 3.05) is 5.32 Å². The van der Waals surface area contributed by atoms with Crippen LogP contribution >= 0.6 is 27.5 Å². The number of pyridine rings is 1. The molecule has 0 radical (unpaired) electrons. The maximum absolute atomic E-state index is 12.8. The zero-order chi connectivity index (χ0) is 22.3. The molecule has 0 atom stereocenters. The monoisotopic (exact) mass is 512 g/mol. The van der Waals surface area contributed by atoms with Crippen LogP contribution in [0.2, 0.25) is 5.15 Å². The van der Waals surface area contributed by atoms with Gasteiger partial charge < -0.3 is 4.74 Å². The number of aromatic nitrogens is 5. The lowest BCUT2D eigenvalue weighted by atomic mass is 10.0. The van der Waals surface area contributed by atoms with Crippen LogP contribution in [-0.2, 0) is 19.4 Å². The van der Waals surface area contributed by atoms with Gasteiger partial charge in [-0.1, -0.05) is 63.0 Å². The van der Waals surface area contributed by atoms with Crippen LogP contribution in [-0.4, -0.2) is 31.5 Å². The van der Waals surface area contributed by atoms with Gasteiger partial charge in [0, 0.05) is 10.7 Å². The van der Waals surface area contributed by atoms with Crippen molar-refractivity contribution in [2.24, 2.45) is 0 Å². The second-order valence-corrected chi connectivity index (χ2v) is 8.14. The quantitative estimate of drug-likeness (QED) is 0.333. The van der Waals surface area contributed by atoms with Crippen LogP contribution in [0.15, 0.2) is 65.3 Å². The maximum Gasteiger partial charge on any atom is 0.261 e. The molecule has 1 amide bonds. The highest BCUT2D eigenvalue weighted by Gasteiger charge is 2.18. The summed E-state index contributed by atoms with van der Waals surface area (Å²) < 4.78 is 7.02. The van der Waals surface area contributed by atoms with Crippen molar-refractivity contribution in [3.63, 3.8) is 0 Å². The van der Waals surface area contributed by atoms with Gasteiger partial charge in [-0.25, -0.2) is 10.1 Å². The van der Waals surface area contributed by atoms with Gasteiger partial charge in [-0.3, -0.25) is 10.1 Å². The number of ether oxygens (including phenoxy) is 1. The van der Waals surface area contributed by atoms with E-state index in [1.807, 2.05) is 48.5 Å². The second-order valence-electron chi connectivity index (χ2n) is 6.87. The summed E-state index contributed by atoms with van der Waals surface area (Å²) in [5.74, 6) is 0.479. The van der Waals surface area contributed by atoms with Crippen LogP contribution in [0, 0.1) is 0 Å². The number of aromatic amines is 1. The van der Waals surface area contributed by atoms with Gasteiger partial charge in [0.25, 0.3) is 5.91 Å². The molecule has 0 unspecified atom stereocenters. The molecule has 2 N–H and O–H groups in total. The van der Waals surface area contributed by atoms with Gasteiger partial charge in [0.2, 0.25) is 5.95 Å². The number of aryl methyl sites for hydroxylation is 2. The van der Waals surface area contributed by atoms with Gasteiger partial charge in [-0.2, -0.15) is 0 Å². The maximum atomic E-state index is 12.8. The average Bonchev–Trinajstić information content (AvgIpc) is 3.30. The Labute approximate surface area is 197 Å². The Hall–Kier alpha value is -3.30. The first-order chi connectivity index (χ1) is 15.6. The molecular weight excluding hydrogens is 496 g/mol. The molecule has 4 aromatic rings. The number of H-pyrrole nitrogens is 1. The fourth-order valence-electron chi connectivity index (χ4n) is 3.19. The lowest BCUT2D eigenvalue weighted by molar-refractivity contribution is 0.102. The van der Waals surface area contributed by atoms with E-state index < -0.39 is 5.91 Å². The first-order valence-corrected chi connectivity index (χ1v) is 10.9. The minimum atomic E-state index is -0.438. The first-order valence-electron chi connectivity index (χ1n) is 9.74. The first kappa shape index (κ1) is 21.9. The van der Waals surface area contributed by atoms with Crippen molar-refractivity contribution in [2.45, 2.75) is 19.4 Å². The summed E-state index contributed by atoms with van der Waals surface area (Å²) in [5, 5.41) is 15.7. The van der Waals surface area contributed by atoms with Gasteiger partial charge in [-0.05, 0) is 64.2 Å². The Morgan fingerprint density at radius 2 is 1.91 bits per heavy atom. The van der Waals surface area contributed by atoms with Gasteiger partial charge in [0.1, 0.15) is 17.5 Å². The number of hydrogen-bond donors (Lipinski definition) is 2. The largest absolute Gasteiger partial charge is 0.489 e. The van der Waals surface area contributed by atoms with Crippen LogP contribution in [0.1, 0.15) is 27.0 Å². The van der Waals surface area contributed by atoms with Crippen molar-refractivity contribution in [1.82, 2.24) is 25.6 Å². The highest BCUT2D eigenvalue weighted by Crippen LogP contribution is 2.27. The lowest BCUT2D eigenvalue weighted by Crippen LogP contribution is -2.17. The van der Waals surface area contributed by atoms with Crippen LogP contribution in [0.25, 0.3) is 0 Å². The molecule has 4 rings (SSSR count). The van der Waals surface area contributed by atoms with Crippen molar-refractivity contribution in [3.8, 4) is 5.75 Å². The molecule has 32 heavy (non-hydrogen) atoms. The SMILES string of the molecule is O=C(Nc1nnn[nH]1)c1c(CCc2cc(Br)ccc2OCc2ccccc2)ccnc1Cl. The number of tetrazole rings is 1. The molecule has 0 fully saturated rings. The van der Waals surface area contributed by atoms with E-state index in [9.17, 15) is 4.79 Å². The highest BCUT2D eigenvalue weighted by molar-refractivity contribution is 9.10. The summed E-state index contributed by atoms with van der Waals surface area (Å²) in [6.45, 7) is 0.468. The number of carbonyl (C=O) groups excluding carboxylic acids is 1. The summed E-state index contributed by atoms with van der Waals surface area (Å²) in [6.07, 6.45) is 2.77. The number of rotatable bonds is 8. The smallest absolute Gasteiger partial charge is 0.261 e. The Morgan fingerprint density at radius 1 is 1.09 bits per heavy atom. The Kier molecular flexibility index (Phi) is 7.08. The number of nitrogens with one attached hydrogen (secondary N) is 2. The number of halogens is 2. The van der Waals surface area contributed by atoms with Gasteiger partial charge >= 0.3 is 0 Å². The zero-order valence-electron chi connectivity index (χ0n) is 16.8. The molecule has 8 nitrogen and oxygen atoms in total. The summed E-state index contributed by atoms with van der Waals surface area (Å²) in [7, 11) is 0. The molecule has 0 saturated heterocycles. The minimum Gasteiger partial charge on any atom is -0.489 e. The van der Waals surface area contributed by atoms with Crippen LogP contribution in [0.4, 0.5) is 5.95 Å². The molecule has 0 aliphatic rings. The number of hydrogen-bond acceptors (Lipinski definition) is 6. The molecule has 2 aromatic heterocycles. The van der Waals surface area contributed by atoms with E-state index >= 15 is 0 Å². The van der Waals surface area contributed by atoms with E-state index in [0.717, 1.165) is 26.9 Å². The van der Waals surface area contributed by atoms with Crippen LogP contribution in [0.5, 0.6) is 5.75 Å². The predicted molar refractivity (Wildman–Crippen MR) is 124 cm³/mol. The molecular formula is C22H18BrClN6O2. The Bertz CT molecular complexity index is 1200. The van der Waals surface area contributed by atoms with Gasteiger partial charge in [0.05, 0.1) is 5.56 Å². The molecule has 0 aliphatic heterocycles. The third-order valence-corrected chi connectivity index (χ3v) is 5.50. The van der Waals surface area contributed by atoms with Gasteiger partial charge in [0.15, 0.2) is 0 Å². The summed E-state index contributed by atoms with van der Waals surface area (Å²) in [6, 6.07) is 17.7. The lowest BCUT2D eigenvalue weighted by Gasteiger charge is -2.14.